The number of carboxylic acid groups (broad SMARTS) is 1. The number of aryl methyl sites for hydroxylation is 1. The number of carboxylic acids is 1. The molecule has 0 fully saturated rings. The predicted octanol–water partition coefficient (Wildman–Crippen LogP) is 1.60. The van der Waals surface area contributed by atoms with Gasteiger partial charge in [-0.15, -0.1) is 11.3 Å². The van der Waals surface area contributed by atoms with Crippen LogP contribution in [0.5, 0.6) is 0 Å². The average Bonchev–Trinajstić information content (AvgIpc) is 2.94. The molecule has 2 aromatic rings. The molecule has 0 atom stereocenters. The Labute approximate surface area is 113 Å². The van der Waals surface area contributed by atoms with Crippen LogP contribution in [0.25, 0.3) is 0 Å². The Morgan fingerprint density at radius 2 is 2.32 bits per heavy atom. The molecule has 0 radical (unpaired) electrons. The summed E-state index contributed by atoms with van der Waals surface area (Å²) in [7, 11) is 0. The number of carbonyl (C=O) groups excluding carboxylic acids is 1. The fraction of sp³-hybridized carbons (Fsp3) is 0.250. The van der Waals surface area contributed by atoms with Crippen molar-refractivity contribution < 1.29 is 19.1 Å². The fourth-order valence-electron chi connectivity index (χ4n) is 1.57. The normalized spacial score (nSPS) is 10.4. The number of rotatable bonds is 5. The molecule has 2 heterocycles. The highest BCUT2D eigenvalue weighted by Crippen LogP contribution is 2.13. The van der Waals surface area contributed by atoms with Crippen LogP contribution in [0.3, 0.4) is 0 Å². The largest absolute Gasteiger partial charge is 0.481 e. The first kappa shape index (κ1) is 13.3. The number of hydrogen-bond acceptors (Lipinski definition) is 5. The third-order valence-electron chi connectivity index (χ3n) is 2.39. The number of aliphatic carboxylic acids is 1. The molecular formula is C12H12N2O4S. The van der Waals surface area contributed by atoms with E-state index in [9.17, 15) is 9.59 Å². The lowest BCUT2D eigenvalue weighted by Crippen LogP contribution is -2.23. The van der Waals surface area contributed by atoms with Gasteiger partial charge in [-0.3, -0.25) is 9.59 Å². The Balaban J connectivity index is 2.00. The van der Waals surface area contributed by atoms with Gasteiger partial charge < -0.3 is 14.8 Å². The van der Waals surface area contributed by atoms with E-state index >= 15 is 0 Å². The van der Waals surface area contributed by atoms with Gasteiger partial charge >= 0.3 is 5.97 Å². The summed E-state index contributed by atoms with van der Waals surface area (Å²) in [6, 6.07) is 1.46. The van der Waals surface area contributed by atoms with E-state index in [0.717, 1.165) is 9.88 Å². The van der Waals surface area contributed by atoms with Gasteiger partial charge in [-0.25, -0.2) is 4.98 Å². The zero-order valence-corrected chi connectivity index (χ0v) is 11.0. The molecular weight excluding hydrogens is 268 g/mol. The van der Waals surface area contributed by atoms with Crippen molar-refractivity contribution in [2.75, 3.05) is 0 Å². The maximum atomic E-state index is 11.9. The number of carbonyl (C=O) groups is 2. The number of nitrogens with one attached hydrogen (secondary N) is 1. The van der Waals surface area contributed by atoms with Crippen LogP contribution in [0.15, 0.2) is 22.9 Å². The number of furan rings is 1. The van der Waals surface area contributed by atoms with E-state index in [1.807, 2.05) is 6.92 Å². The van der Waals surface area contributed by atoms with E-state index in [0.29, 0.717) is 6.54 Å². The summed E-state index contributed by atoms with van der Waals surface area (Å²) in [5, 5.41) is 12.3. The van der Waals surface area contributed by atoms with Gasteiger partial charge in [-0.05, 0) is 13.0 Å². The first-order valence-corrected chi connectivity index (χ1v) is 6.35. The number of nitrogens with zero attached hydrogens (tertiary/aromatic N) is 1. The molecule has 0 bridgehead atoms. The molecule has 0 spiro atoms. The maximum absolute atomic E-state index is 11.9. The smallest absolute Gasteiger partial charge is 0.311 e. The number of hydrogen-bond donors (Lipinski definition) is 2. The summed E-state index contributed by atoms with van der Waals surface area (Å²) < 4.78 is 5.00. The summed E-state index contributed by atoms with van der Waals surface area (Å²) >= 11 is 1.50. The summed E-state index contributed by atoms with van der Waals surface area (Å²) in [5.41, 5.74) is 0.253. The fourth-order valence-corrected chi connectivity index (χ4v) is 2.30. The second-order valence-corrected chi connectivity index (χ2v) is 5.18. The van der Waals surface area contributed by atoms with Gasteiger partial charge in [-0.1, -0.05) is 0 Å². The van der Waals surface area contributed by atoms with Gasteiger partial charge in [-0.2, -0.15) is 0 Å². The van der Waals surface area contributed by atoms with Crippen LogP contribution in [-0.4, -0.2) is 22.0 Å². The molecule has 7 heteroatoms. The lowest BCUT2D eigenvalue weighted by Gasteiger charge is -2.02. The predicted molar refractivity (Wildman–Crippen MR) is 68.1 cm³/mol. The Kier molecular flexibility index (Phi) is 3.96. The molecule has 2 rings (SSSR count). The van der Waals surface area contributed by atoms with Gasteiger partial charge in [0.1, 0.15) is 12.2 Å². The van der Waals surface area contributed by atoms with Crippen molar-refractivity contribution in [2.45, 2.75) is 19.9 Å². The molecule has 2 N–H and O–H groups in total. The van der Waals surface area contributed by atoms with Crippen molar-refractivity contribution >= 4 is 23.2 Å². The topological polar surface area (TPSA) is 92.4 Å². The molecule has 0 aliphatic carbocycles. The summed E-state index contributed by atoms with van der Waals surface area (Å²) in [6.07, 6.45) is 2.70. The van der Waals surface area contributed by atoms with E-state index in [1.54, 1.807) is 6.20 Å². The number of aromatic nitrogens is 1. The van der Waals surface area contributed by atoms with Crippen molar-refractivity contribution in [3.63, 3.8) is 0 Å². The van der Waals surface area contributed by atoms with E-state index in [4.69, 9.17) is 9.52 Å². The van der Waals surface area contributed by atoms with E-state index in [-0.39, 0.29) is 23.7 Å². The van der Waals surface area contributed by atoms with Crippen LogP contribution in [0.4, 0.5) is 0 Å². The highest BCUT2D eigenvalue weighted by atomic mass is 32.1. The Hall–Kier alpha value is -2.15. The average molecular weight is 280 g/mol. The zero-order valence-electron chi connectivity index (χ0n) is 10.2. The molecule has 0 aromatic carbocycles. The lowest BCUT2D eigenvalue weighted by molar-refractivity contribution is -0.136. The first-order valence-electron chi connectivity index (χ1n) is 5.54. The Morgan fingerprint density at radius 3 is 2.95 bits per heavy atom. The minimum Gasteiger partial charge on any atom is -0.481 e. The van der Waals surface area contributed by atoms with Crippen molar-refractivity contribution in [1.82, 2.24) is 10.3 Å². The van der Waals surface area contributed by atoms with Gasteiger partial charge in [0.05, 0.1) is 23.4 Å². The molecule has 0 aliphatic heterocycles. The first-order chi connectivity index (χ1) is 9.06. The Morgan fingerprint density at radius 1 is 1.53 bits per heavy atom. The van der Waals surface area contributed by atoms with Crippen molar-refractivity contribution in [3.05, 3.63) is 39.7 Å². The third-order valence-corrected chi connectivity index (χ3v) is 3.31. The van der Waals surface area contributed by atoms with E-state index in [2.05, 4.69) is 10.3 Å². The zero-order chi connectivity index (χ0) is 13.8. The van der Waals surface area contributed by atoms with Crippen molar-refractivity contribution in [2.24, 2.45) is 0 Å². The van der Waals surface area contributed by atoms with Crippen LogP contribution in [0.1, 0.15) is 26.0 Å². The minimum absolute atomic E-state index is 0.158. The second-order valence-electron chi connectivity index (χ2n) is 3.86. The highest BCUT2D eigenvalue weighted by molar-refractivity contribution is 7.11. The summed E-state index contributed by atoms with van der Waals surface area (Å²) in [6.45, 7) is 2.25. The van der Waals surface area contributed by atoms with E-state index in [1.165, 1.54) is 23.7 Å². The molecule has 1 amide bonds. The highest BCUT2D eigenvalue weighted by Gasteiger charge is 2.16. The quantitative estimate of drug-likeness (QED) is 0.867. The monoisotopic (exact) mass is 280 g/mol. The van der Waals surface area contributed by atoms with Gasteiger partial charge in [0, 0.05) is 11.1 Å². The number of thiazole rings is 1. The van der Waals surface area contributed by atoms with Crippen LogP contribution in [0.2, 0.25) is 0 Å². The van der Waals surface area contributed by atoms with Gasteiger partial charge in [0.25, 0.3) is 5.91 Å². The third kappa shape index (κ3) is 3.41. The molecule has 19 heavy (non-hydrogen) atoms. The maximum Gasteiger partial charge on any atom is 0.311 e. The van der Waals surface area contributed by atoms with E-state index < -0.39 is 5.97 Å². The lowest BCUT2D eigenvalue weighted by atomic mass is 10.2. The second kappa shape index (κ2) is 5.66. The summed E-state index contributed by atoms with van der Waals surface area (Å²) in [5.74, 6) is -1.23. The molecule has 0 saturated carbocycles. The molecule has 0 unspecified atom stereocenters. The molecule has 0 saturated heterocycles. The number of amides is 1. The van der Waals surface area contributed by atoms with Crippen LogP contribution in [0, 0.1) is 6.92 Å². The minimum atomic E-state index is -1.04. The van der Waals surface area contributed by atoms with Crippen molar-refractivity contribution in [3.8, 4) is 0 Å². The van der Waals surface area contributed by atoms with Gasteiger partial charge in [0.15, 0.2) is 0 Å². The standard InChI is InChI=1S/C12H12N2O4S/c1-7-13-5-8(19-7)6-14-12(17)9-2-3-18-10(9)4-11(15)16/h2-3,5H,4,6H2,1H3,(H,14,17)(H,15,16). The van der Waals surface area contributed by atoms with Crippen LogP contribution in [-0.2, 0) is 17.8 Å². The molecule has 6 nitrogen and oxygen atoms in total. The molecule has 0 aliphatic rings. The molecule has 100 valence electrons. The summed E-state index contributed by atoms with van der Waals surface area (Å²) in [4.78, 5) is 27.6. The molecule has 2 aromatic heterocycles. The van der Waals surface area contributed by atoms with Crippen LogP contribution < -0.4 is 5.32 Å². The van der Waals surface area contributed by atoms with Crippen molar-refractivity contribution in [1.29, 1.82) is 0 Å². The van der Waals surface area contributed by atoms with Crippen LogP contribution >= 0.6 is 11.3 Å². The Bertz CT molecular complexity index is 602. The van der Waals surface area contributed by atoms with Gasteiger partial charge in [0.2, 0.25) is 0 Å². The SMILES string of the molecule is Cc1ncc(CNC(=O)c2ccoc2CC(=O)O)s1.